The lowest BCUT2D eigenvalue weighted by Gasteiger charge is -2.17. The van der Waals surface area contributed by atoms with Crippen LogP contribution in [-0.4, -0.2) is 38.9 Å². The zero-order valence-electron chi connectivity index (χ0n) is 16.7. The first kappa shape index (κ1) is 21.8. The van der Waals surface area contributed by atoms with Crippen molar-refractivity contribution in [3.05, 3.63) is 59.9 Å². The summed E-state index contributed by atoms with van der Waals surface area (Å²) in [5.74, 6) is 1.02. The number of aromatic nitrogens is 3. The fraction of sp³-hybridized carbons (Fsp3) is 0.300. The molecule has 0 saturated carbocycles. The van der Waals surface area contributed by atoms with Crippen molar-refractivity contribution in [1.29, 1.82) is 0 Å². The van der Waals surface area contributed by atoms with E-state index in [9.17, 15) is 18.0 Å². The monoisotopic (exact) mass is 464 g/mol. The number of pyridine rings is 1. The Balaban J connectivity index is 1.31. The van der Waals surface area contributed by atoms with Crippen LogP contribution in [0.4, 0.5) is 29.5 Å². The van der Waals surface area contributed by atoms with Crippen LogP contribution in [0.15, 0.2) is 48.8 Å². The predicted molar refractivity (Wildman–Crippen MR) is 113 cm³/mol. The third-order valence-electron chi connectivity index (χ3n) is 4.84. The first-order valence-corrected chi connectivity index (χ1v) is 10.5. The molecule has 1 aromatic carbocycles. The Labute approximate surface area is 185 Å². The quantitative estimate of drug-likeness (QED) is 0.574. The Bertz CT molecular complexity index is 1060. The number of urea groups is 1. The highest BCUT2D eigenvalue weighted by Crippen LogP contribution is 2.31. The largest absolute Gasteiger partial charge is 0.470 e. The predicted octanol–water partition coefficient (Wildman–Crippen LogP) is 3.93. The molecule has 3 aromatic rings. The van der Waals surface area contributed by atoms with Crippen LogP contribution in [0.25, 0.3) is 0 Å². The summed E-state index contributed by atoms with van der Waals surface area (Å²) in [5.41, 5.74) is 0.200. The summed E-state index contributed by atoms with van der Waals surface area (Å²) in [5, 5.41) is 5.25. The molecule has 1 unspecified atom stereocenters. The molecule has 3 heterocycles. The molecule has 2 aromatic heterocycles. The topological polar surface area (TPSA) is 92.3 Å². The summed E-state index contributed by atoms with van der Waals surface area (Å²) < 4.78 is 52.8. The van der Waals surface area contributed by atoms with E-state index in [1.807, 2.05) is 17.0 Å². The van der Waals surface area contributed by atoms with Crippen LogP contribution in [-0.2, 0) is 12.8 Å². The van der Waals surface area contributed by atoms with E-state index in [1.165, 1.54) is 12.1 Å². The maximum absolute atomic E-state index is 12.8. The van der Waals surface area contributed by atoms with E-state index in [0.29, 0.717) is 37.8 Å². The van der Waals surface area contributed by atoms with Crippen LogP contribution in [0.1, 0.15) is 17.5 Å². The minimum atomic E-state index is -4.47. The Morgan fingerprint density at radius 3 is 2.81 bits per heavy atom. The molecule has 32 heavy (non-hydrogen) atoms. The number of benzene rings is 1. The van der Waals surface area contributed by atoms with Crippen molar-refractivity contribution in [2.45, 2.75) is 25.2 Å². The minimum Gasteiger partial charge on any atom is -0.470 e. The molecule has 12 heteroatoms. The Morgan fingerprint density at radius 2 is 2.03 bits per heavy atom. The number of anilines is 2. The van der Waals surface area contributed by atoms with Crippen LogP contribution < -0.4 is 20.3 Å². The molecule has 0 spiro atoms. The number of ether oxygens (including phenoxy) is 1. The maximum atomic E-state index is 12.8. The Kier molecular flexibility index (Phi) is 6.40. The molecule has 2 amide bonds. The zero-order chi connectivity index (χ0) is 22.6. The standard InChI is InChI=1S/C20H19F3N6O2S/c21-20(22,23)14-2-1-3-15(10-14)25-19(30)26-16-6-9-29(11-16)17-18(28-32-27-17)31-12-13-4-7-24-8-5-13/h1-5,7-8,10,16H,6,9,11-12H2,(H2,25,26,30). The first-order chi connectivity index (χ1) is 15.4. The molecule has 4 rings (SSSR count). The summed E-state index contributed by atoms with van der Waals surface area (Å²) in [6.45, 7) is 1.44. The number of halogens is 3. The van der Waals surface area contributed by atoms with Gasteiger partial charge in [-0.1, -0.05) is 6.07 Å². The molecule has 2 N–H and O–H groups in total. The maximum Gasteiger partial charge on any atom is 0.416 e. The SMILES string of the molecule is O=C(Nc1cccc(C(F)(F)F)c1)NC1CCN(c2nsnc2OCc2ccncc2)C1. The highest BCUT2D eigenvalue weighted by atomic mass is 32.1. The minimum absolute atomic E-state index is 0.0719. The van der Waals surface area contributed by atoms with Crippen molar-refractivity contribution in [3.8, 4) is 5.88 Å². The second-order valence-corrected chi connectivity index (χ2v) is 7.67. The lowest BCUT2D eigenvalue weighted by atomic mass is 10.2. The van der Waals surface area contributed by atoms with Crippen LogP contribution in [0.5, 0.6) is 5.88 Å². The van der Waals surface area contributed by atoms with Crippen LogP contribution in [0.3, 0.4) is 0 Å². The number of carbonyl (C=O) groups excluding carboxylic acids is 1. The van der Waals surface area contributed by atoms with Gasteiger partial charge >= 0.3 is 12.2 Å². The average molecular weight is 464 g/mol. The van der Waals surface area contributed by atoms with Gasteiger partial charge in [-0.15, -0.1) is 4.37 Å². The molecule has 168 valence electrons. The van der Waals surface area contributed by atoms with Gasteiger partial charge in [0.25, 0.3) is 5.88 Å². The van der Waals surface area contributed by atoms with E-state index in [2.05, 4.69) is 24.4 Å². The van der Waals surface area contributed by atoms with Gasteiger partial charge in [0.1, 0.15) is 6.61 Å². The summed E-state index contributed by atoms with van der Waals surface area (Å²) in [6, 6.07) is 7.43. The number of rotatable bonds is 6. The highest BCUT2D eigenvalue weighted by molar-refractivity contribution is 6.99. The Hall–Kier alpha value is -3.41. The molecule has 1 atom stereocenters. The van der Waals surface area contributed by atoms with Gasteiger partial charge in [-0.25, -0.2) is 4.79 Å². The van der Waals surface area contributed by atoms with Gasteiger partial charge in [0.05, 0.1) is 17.3 Å². The van der Waals surface area contributed by atoms with Gasteiger partial charge in [0.2, 0.25) is 5.82 Å². The number of nitrogens with one attached hydrogen (secondary N) is 2. The number of nitrogens with zero attached hydrogens (tertiary/aromatic N) is 4. The Morgan fingerprint density at radius 1 is 1.22 bits per heavy atom. The van der Waals surface area contributed by atoms with Crippen molar-refractivity contribution >= 4 is 29.3 Å². The normalized spacial score (nSPS) is 16.1. The van der Waals surface area contributed by atoms with E-state index in [1.54, 1.807) is 12.4 Å². The van der Waals surface area contributed by atoms with Crippen molar-refractivity contribution < 1.29 is 22.7 Å². The third kappa shape index (κ3) is 5.44. The van der Waals surface area contributed by atoms with Crippen LogP contribution in [0, 0.1) is 0 Å². The summed E-state index contributed by atoms with van der Waals surface area (Å²) in [4.78, 5) is 18.2. The third-order valence-corrected chi connectivity index (χ3v) is 5.34. The first-order valence-electron chi connectivity index (χ1n) is 9.72. The number of carbonyl (C=O) groups is 1. The molecular formula is C20H19F3N6O2S. The van der Waals surface area contributed by atoms with Gasteiger partial charge in [0, 0.05) is 37.2 Å². The molecule has 8 nitrogen and oxygen atoms in total. The smallest absolute Gasteiger partial charge is 0.416 e. The molecular weight excluding hydrogens is 445 g/mol. The fourth-order valence-electron chi connectivity index (χ4n) is 3.29. The van der Waals surface area contributed by atoms with E-state index in [-0.39, 0.29) is 11.7 Å². The van der Waals surface area contributed by atoms with E-state index >= 15 is 0 Å². The number of hydrogen-bond donors (Lipinski definition) is 2. The summed E-state index contributed by atoms with van der Waals surface area (Å²) in [6.07, 6.45) is -0.462. The van der Waals surface area contributed by atoms with Gasteiger partial charge in [-0.2, -0.15) is 17.5 Å². The molecule has 0 aliphatic carbocycles. The van der Waals surface area contributed by atoms with Crippen LogP contribution in [0.2, 0.25) is 0 Å². The van der Waals surface area contributed by atoms with Crippen molar-refractivity contribution in [2.75, 3.05) is 23.3 Å². The van der Waals surface area contributed by atoms with Gasteiger partial charge in [-0.05, 0) is 42.3 Å². The van der Waals surface area contributed by atoms with Gasteiger partial charge < -0.3 is 20.3 Å². The second-order valence-electron chi connectivity index (χ2n) is 7.15. The number of alkyl halides is 3. The molecule has 1 aliphatic rings. The summed E-state index contributed by atoms with van der Waals surface area (Å²) in [7, 11) is 0. The average Bonchev–Trinajstić information content (AvgIpc) is 3.41. The lowest BCUT2D eigenvalue weighted by molar-refractivity contribution is -0.137. The van der Waals surface area contributed by atoms with Crippen molar-refractivity contribution in [2.24, 2.45) is 0 Å². The van der Waals surface area contributed by atoms with Crippen molar-refractivity contribution in [3.63, 3.8) is 0 Å². The zero-order valence-corrected chi connectivity index (χ0v) is 17.5. The number of hydrogen-bond acceptors (Lipinski definition) is 7. The van der Waals surface area contributed by atoms with E-state index in [4.69, 9.17) is 4.74 Å². The fourth-order valence-corrected chi connectivity index (χ4v) is 3.81. The van der Waals surface area contributed by atoms with Gasteiger partial charge in [0.15, 0.2) is 0 Å². The lowest BCUT2D eigenvalue weighted by Crippen LogP contribution is -2.39. The van der Waals surface area contributed by atoms with E-state index in [0.717, 1.165) is 29.4 Å². The molecule has 0 bridgehead atoms. The molecule has 1 aliphatic heterocycles. The number of amides is 2. The molecule has 0 radical (unpaired) electrons. The molecule has 1 fully saturated rings. The highest BCUT2D eigenvalue weighted by Gasteiger charge is 2.31. The summed E-state index contributed by atoms with van der Waals surface area (Å²) >= 11 is 1.04. The van der Waals surface area contributed by atoms with Crippen molar-refractivity contribution in [1.82, 2.24) is 19.0 Å². The van der Waals surface area contributed by atoms with E-state index < -0.39 is 17.8 Å². The van der Waals surface area contributed by atoms with Gasteiger partial charge in [-0.3, -0.25) is 4.98 Å². The molecule has 1 saturated heterocycles. The second kappa shape index (κ2) is 9.39. The van der Waals surface area contributed by atoms with Crippen LogP contribution >= 0.6 is 11.7 Å².